The maximum atomic E-state index is 13.1. The molecule has 2 aromatic heterocycles. The third kappa shape index (κ3) is 6.89. The summed E-state index contributed by atoms with van der Waals surface area (Å²) in [5, 5.41) is 11.1. The van der Waals surface area contributed by atoms with Gasteiger partial charge in [0.15, 0.2) is 0 Å². The van der Waals surface area contributed by atoms with Gasteiger partial charge in [-0.3, -0.25) is 9.69 Å². The number of benzene rings is 2. The molecule has 2 aromatic carbocycles. The first-order valence-electron chi connectivity index (χ1n) is 14.6. The normalized spacial score (nSPS) is 15.0. The molecule has 1 amide bonds. The number of ether oxygens (including phenoxy) is 3. The summed E-state index contributed by atoms with van der Waals surface area (Å²) in [5.41, 5.74) is 8.87. The van der Waals surface area contributed by atoms with E-state index >= 15 is 0 Å². The molecule has 1 aliphatic rings. The van der Waals surface area contributed by atoms with Crippen LogP contribution in [-0.2, 0) is 14.3 Å². The number of carbonyl (C=O) groups is 1. The largest absolute Gasteiger partial charge is 0.457 e. The minimum atomic E-state index is -0.145. The number of nitriles is 1. The first-order chi connectivity index (χ1) is 21.5. The summed E-state index contributed by atoms with van der Waals surface area (Å²) in [7, 11) is 3.34. The fourth-order valence-corrected chi connectivity index (χ4v) is 5.51. The van der Waals surface area contributed by atoms with Gasteiger partial charge < -0.3 is 29.4 Å². The van der Waals surface area contributed by atoms with Crippen molar-refractivity contribution in [2.75, 3.05) is 65.9 Å². The van der Waals surface area contributed by atoms with Crippen LogP contribution in [0.15, 0.2) is 73.1 Å². The number of nitrogens with two attached hydrogens (primary N) is 1. The van der Waals surface area contributed by atoms with Gasteiger partial charge in [0.05, 0.1) is 24.6 Å². The highest BCUT2D eigenvalue weighted by molar-refractivity contribution is 6.03. The van der Waals surface area contributed by atoms with Gasteiger partial charge in [-0.05, 0) is 36.2 Å². The van der Waals surface area contributed by atoms with E-state index < -0.39 is 0 Å². The molecule has 0 aliphatic carbocycles. The molecule has 11 heteroatoms. The highest BCUT2D eigenvalue weighted by Crippen LogP contribution is 2.40. The van der Waals surface area contributed by atoms with Crippen molar-refractivity contribution >= 4 is 22.8 Å². The van der Waals surface area contributed by atoms with Crippen molar-refractivity contribution in [2.24, 2.45) is 0 Å². The molecular formula is C33H37N7O4. The molecule has 1 unspecified atom stereocenters. The number of methoxy groups -OCH3 is 2. The third-order valence-corrected chi connectivity index (χ3v) is 7.73. The van der Waals surface area contributed by atoms with E-state index in [1.54, 1.807) is 20.3 Å². The van der Waals surface area contributed by atoms with Gasteiger partial charge in [0, 0.05) is 58.6 Å². The second-order valence-electron chi connectivity index (χ2n) is 10.5. The Bertz CT molecular complexity index is 1620. The molecule has 1 aliphatic heterocycles. The van der Waals surface area contributed by atoms with E-state index in [9.17, 15) is 10.1 Å². The lowest BCUT2D eigenvalue weighted by Crippen LogP contribution is -2.31. The molecular weight excluding hydrogens is 558 g/mol. The van der Waals surface area contributed by atoms with Crippen molar-refractivity contribution in [1.29, 1.82) is 5.26 Å². The molecule has 5 rings (SSSR count). The molecule has 0 bridgehead atoms. The number of anilines is 1. The molecule has 3 heterocycles. The molecule has 228 valence electrons. The van der Waals surface area contributed by atoms with Crippen molar-refractivity contribution < 1.29 is 19.0 Å². The molecule has 44 heavy (non-hydrogen) atoms. The number of rotatable bonds is 13. The second-order valence-corrected chi connectivity index (χ2v) is 10.5. The third-order valence-electron chi connectivity index (χ3n) is 7.73. The van der Waals surface area contributed by atoms with Gasteiger partial charge in [0.25, 0.3) is 0 Å². The number of hydrogen-bond acceptors (Lipinski definition) is 9. The van der Waals surface area contributed by atoms with Crippen LogP contribution in [0.2, 0.25) is 0 Å². The number of likely N-dealkylation sites (tertiary alicyclic amines) is 1. The summed E-state index contributed by atoms with van der Waals surface area (Å²) in [6.45, 7) is 4.34. The van der Waals surface area contributed by atoms with Crippen molar-refractivity contribution in [3.63, 3.8) is 0 Å². The number of nitrogens with zero attached hydrogens (tertiary/aromatic N) is 6. The Morgan fingerprint density at radius 3 is 2.45 bits per heavy atom. The van der Waals surface area contributed by atoms with Gasteiger partial charge in [0.1, 0.15) is 41.1 Å². The van der Waals surface area contributed by atoms with Crippen LogP contribution in [0, 0.1) is 11.3 Å². The number of amides is 1. The lowest BCUT2D eigenvalue weighted by Gasteiger charge is -2.20. The average molecular weight is 596 g/mol. The fourth-order valence-electron chi connectivity index (χ4n) is 5.51. The summed E-state index contributed by atoms with van der Waals surface area (Å²) in [6.07, 6.45) is 5.59. The Hall–Kier alpha value is -4.76. The van der Waals surface area contributed by atoms with Gasteiger partial charge >= 0.3 is 0 Å². The Morgan fingerprint density at radius 1 is 1.07 bits per heavy atom. The minimum Gasteiger partial charge on any atom is -0.457 e. The summed E-state index contributed by atoms with van der Waals surface area (Å²) >= 11 is 0. The number of hydrogen-bond donors (Lipinski definition) is 1. The van der Waals surface area contributed by atoms with Crippen LogP contribution in [-0.4, -0.2) is 90.4 Å². The quantitative estimate of drug-likeness (QED) is 0.225. The summed E-state index contributed by atoms with van der Waals surface area (Å²) in [6, 6.07) is 19.3. The smallest absolute Gasteiger partial charge is 0.246 e. The Labute approximate surface area is 257 Å². The standard InChI is InChI=1S/C33H37N7O4/c1-42-19-17-38(18-20-43-2)15-6-9-29(41)39-16-14-25(22-39)40-28(21-34)30(31-32(35)36-23-37-33(31)40)24-10-12-27(13-11-24)44-26-7-4-3-5-8-26/h3-13,23,25H,14-20,22H2,1-2H3,(H2,35,36,37). The summed E-state index contributed by atoms with van der Waals surface area (Å²) in [5.74, 6) is 1.64. The number of carbonyl (C=O) groups excluding carboxylic acids is 1. The summed E-state index contributed by atoms with van der Waals surface area (Å²) < 4.78 is 18.3. The highest BCUT2D eigenvalue weighted by atomic mass is 16.5. The van der Waals surface area contributed by atoms with Crippen LogP contribution in [0.4, 0.5) is 5.82 Å². The predicted molar refractivity (Wildman–Crippen MR) is 168 cm³/mol. The van der Waals surface area contributed by atoms with Crippen molar-refractivity contribution in [3.05, 3.63) is 78.8 Å². The average Bonchev–Trinajstić information content (AvgIpc) is 3.66. The molecule has 1 fully saturated rings. The molecule has 1 saturated heterocycles. The summed E-state index contributed by atoms with van der Waals surface area (Å²) in [4.78, 5) is 25.9. The monoisotopic (exact) mass is 595 g/mol. The van der Waals surface area contributed by atoms with Gasteiger partial charge in [-0.2, -0.15) is 5.26 Å². The molecule has 11 nitrogen and oxygen atoms in total. The van der Waals surface area contributed by atoms with Crippen LogP contribution in [0.3, 0.4) is 0 Å². The lowest BCUT2D eigenvalue weighted by molar-refractivity contribution is -0.125. The number of fused-ring (bicyclic) bond motifs is 1. The minimum absolute atomic E-state index is 0.0655. The van der Waals surface area contributed by atoms with E-state index in [0.717, 1.165) is 24.4 Å². The van der Waals surface area contributed by atoms with Gasteiger partial charge in [-0.1, -0.05) is 36.4 Å². The van der Waals surface area contributed by atoms with E-state index in [4.69, 9.17) is 19.9 Å². The van der Waals surface area contributed by atoms with Crippen LogP contribution >= 0.6 is 0 Å². The topological polar surface area (TPSA) is 132 Å². The zero-order valence-corrected chi connectivity index (χ0v) is 25.1. The number of aromatic nitrogens is 3. The molecule has 1 atom stereocenters. The lowest BCUT2D eigenvalue weighted by atomic mass is 10.0. The zero-order chi connectivity index (χ0) is 30.9. The van der Waals surface area contributed by atoms with Gasteiger partial charge in [-0.15, -0.1) is 0 Å². The zero-order valence-electron chi connectivity index (χ0n) is 25.1. The molecule has 4 aromatic rings. The number of para-hydroxylation sites is 1. The van der Waals surface area contributed by atoms with E-state index in [-0.39, 0.29) is 11.9 Å². The first kappa shape index (κ1) is 30.7. The van der Waals surface area contributed by atoms with Crippen molar-refractivity contribution in [1.82, 2.24) is 24.3 Å². The highest BCUT2D eigenvalue weighted by Gasteiger charge is 2.32. The second kappa shape index (κ2) is 14.6. The van der Waals surface area contributed by atoms with Crippen LogP contribution < -0.4 is 10.5 Å². The van der Waals surface area contributed by atoms with Crippen molar-refractivity contribution in [3.8, 4) is 28.7 Å². The Kier molecular flexibility index (Phi) is 10.2. The maximum absolute atomic E-state index is 13.1. The van der Waals surface area contributed by atoms with Crippen LogP contribution in [0.25, 0.3) is 22.2 Å². The molecule has 2 N–H and O–H groups in total. The fraction of sp³-hybridized carbons (Fsp3) is 0.333. The Balaban J connectivity index is 1.37. The van der Waals surface area contributed by atoms with Crippen molar-refractivity contribution in [2.45, 2.75) is 12.5 Å². The molecule has 0 saturated carbocycles. The van der Waals surface area contributed by atoms with Crippen LogP contribution in [0.5, 0.6) is 11.5 Å². The number of nitrogen functional groups attached to an aromatic ring is 1. The van der Waals surface area contributed by atoms with E-state index in [1.165, 1.54) is 6.33 Å². The molecule has 0 spiro atoms. The first-order valence-corrected chi connectivity index (χ1v) is 14.6. The predicted octanol–water partition coefficient (Wildman–Crippen LogP) is 4.27. The van der Waals surface area contributed by atoms with E-state index in [1.807, 2.05) is 70.1 Å². The van der Waals surface area contributed by atoms with E-state index in [0.29, 0.717) is 73.1 Å². The van der Waals surface area contributed by atoms with E-state index in [2.05, 4.69) is 20.9 Å². The maximum Gasteiger partial charge on any atom is 0.246 e. The van der Waals surface area contributed by atoms with Gasteiger partial charge in [-0.25, -0.2) is 9.97 Å². The van der Waals surface area contributed by atoms with Gasteiger partial charge in [0.2, 0.25) is 5.91 Å². The SMILES string of the molecule is COCCN(CC=CC(=O)N1CCC(n2c(C#N)c(-c3ccc(Oc4ccccc4)cc3)c3c(N)ncnc32)C1)CCOC. The Morgan fingerprint density at radius 2 is 1.77 bits per heavy atom. The molecule has 0 radical (unpaired) electrons. The van der Waals surface area contributed by atoms with Crippen LogP contribution in [0.1, 0.15) is 18.2 Å².